The van der Waals surface area contributed by atoms with E-state index >= 15 is 0 Å². The molecule has 0 aliphatic heterocycles. The summed E-state index contributed by atoms with van der Waals surface area (Å²) in [5.41, 5.74) is 8.72. The number of thiazole rings is 1. The van der Waals surface area contributed by atoms with Gasteiger partial charge >= 0.3 is 0 Å². The predicted octanol–water partition coefficient (Wildman–Crippen LogP) is 0.646. The molecule has 0 saturated carbocycles. The summed E-state index contributed by atoms with van der Waals surface area (Å²) >= 11 is 1.52. The third-order valence-corrected chi connectivity index (χ3v) is 4.76. The fraction of sp³-hybridized carbons (Fsp3) is 0.105. The Morgan fingerprint density at radius 2 is 1.96 bits per heavy atom. The largest absolute Gasteiger partial charge is 1.00 e. The van der Waals surface area contributed by atoms with Gasteiger partial charge in [0.2, 0.25) is 5.13 Å². The zero-order valence-corrected chi connectivity index (χ0v) is 16.8. The molecule has 3 heterocycles. The SMILES string of the molecule is Cc1ccc2n(C)c(-c3ccc(/C=N/Nc4nccs4)cc3)c[n+]2c1.[Br-]. The molecule has 132 valence electrons. The van der Waals surface area contributed by atoms with Crippen molar-refractivity contribution in [3.63, 3.8) is 0 Å². The van der Waals surface area contributed by atoms with Crippen molar-refractivity contribution in [2.24, 2.45) is 12.1 Å². The van der Waals surface area contributed by atoms with E-state index in [0.717, 1.165) is 10.7 Å². The molecule has 0 radical (unpaired) electrons. The van der Waals surface area contributed by atoms with Gasteiger partial charge in [0.15, 0.2) is 5.69 Å². The van der Waals surface area contributed by atoms with Gasteiger partial charge in [0, 0.05) is 23.2 Å². The third kappa shape index (κ3) is 3.68. The van der Waals surface area contributed by atoms with Crippen molar-refractivity contribution in [2.75, 3.05) is 5.43 Å². The van der Waals surface area contributed by atoms with Crippen molar-refractivity contribution in [1.29, 1.82) is 0 Å². The van der Waals surface area contributed by atoms with E-state index in [9.17, 15) is 0 Å². The van der Waals surface area contributed by atoms with E-state index < -0.39 is 0 Å². The minimum Gasteiger partial charge on any atom is -1.00 e. The number of nitrogens with one attached hydrogen (secondary N) is 1. The van der Waals surface area contributed by atoms with E-state index in [1.54, 1.807) is 12.4 Å². The molecule has 1 N–H and O–H groups in total. The molecule has 26 heavy (non-hydrogen) atoms. The summed E-state index contributed by atoms with van der Waals surface area (Å²) in [6.07, 6.45) is 7.85. The summed E-state index contributed by atoms with van der Waals surface area (Å²) in [5.74, 6) is 0. The Bertz CT molecular complexity index is 1040. The van der Waals surface area contributed by atoms with Gasteiger partial charge in [-0.2, -0.15) is 5.10 Å². The fourth-order valence-electron chi connectivity index (χ4n) is 2.80. The molecule has 0 spiro atoms. The number of fused-ring (bicyclic) bond motifs is 1. The highest BCUT2D eigenvalue weighted by molar-refractivity contribution is 7.13. The van der Waals surface area contributed by atoms with Crippen molar-refractivity contribution in [1.82, 2.24) is 9.55 Å². The van der Waals surface area contributed by atoms with Gasteiger partial charge in [0.1, 0.15) is 6.20 Å². The molecular formula is C19H18BrN5S. The molecule has 1 aromatic carbocycles. The second-order valence-electron chi connectivity index (χ2n) is 5.87. The zero-order valence-electron chi connectivity index (χ0n) is 14.4. The van der Waals surface area contributed by atoms with E-state index in [2.05, 4.69) is 87.2 Å². The lowest BCUT2D eigenvalue weighted by molar-refractivity contribution is -0.510. The normalized spacial score (nSPS) is 11.0. The summed E-state index contributed by atoms with van der Waals surface area (Å²) in [6.45, 7) is 2.10. The maximum atomic E-state index is 4.21. The van der Waals surface area contributed by atoms with Gasteiger partial charge in [-0.05, 0) is 36.2 Å². The maximum absolute atomic E-state index is 4.21. The molecule has 0 fully saturated rings. The van der Waals surface area contributed by atoms with Crippen LogP contribution in [0.5, 0.6) is 0 Å². The first-order valence-corrected chi connectivity index (χ1v) is 8.85. The Labute approximate surface area is 166 Å². The monoisotopic (exact) mass is 427 g/mol. The van der Waals surface area contributed by atoms with E-state index in [-0.39, 0.29) is 17.0 Å². The second-order valence-corrected chi connectivity index (χ2v) is 6.77. The van der Waals surface area contributed by atoms with Crippen LogP contribution < -0.4 is 26.8 Å². The molecule has 5 nitrogen and oxygen atoms in total. The number of pyridine rings is 1. The topological polar surface area (TPSA) is 46.3 Å². The summed E-state index contributed by atoms with van der Waals surface area (Å²) in [6, 6.07) is 12.6. The second kappa shape index (κ2) is 7.80. The number of hydrogen-bond donors (Lipinski definition) is 1. The highest BCUT2D eigenvalue weighted by Gasteiger charge is 2.15. The number of aromatic nitrogens is 3. The Morgan fingerprint density at radius 1 is 1.15 bits per heavy atom. The van der Waals surface area contributed by atoms with Crippen LogP contribution in [-0.4, -0.2) is 15.8 Å². The number of anilines is 1. The van der Waals surface area contributed by atoms with E-state index in [0.29, 0.717) is 0 Å². The van der Waals surface area contributed by atoms with Gasteiger partial charge in [-0.1, -0.05) is 12.1 Å². The van der Waals surface area contributed by atoms with Gasteiger partial charge in [0.25, 0.3) is 5.65 Å². The lowest BCUT2D eigenvalue weighted by Crippen LogP contribution is -3.00. The standard InChI is InChI=1S/C19H18N5S.BrH/c1-14-3-8-18-23(2)17(13-24(18)12-14)16-6-4-15(5-7-16)11-21-22-19-20-9-10-25-19;/h3-13H,1-2H3,(H,20,22);1H/q+1;/p-1/b21-11+;. The molecule has 0 aliphatic carbocycles. The summed E-state index contributed by atoms with van der Waals surface area (Å²) < 4.78 is 4.37. The summed E-state index contributed by atoms with van der Waals surface area (Å²) in [4.78, 5) is 4.13. The van der Waals surface area contributed by atoms with Gasteiger partial charge < -0.3 is 17.0 Å². The number of nitrogens with zero attached hydrogens (tertiary/aromatic N) is 4. The van der Waals surface area contributed by atoms with Crippen LogP contribution in [0.15, 0.2) is 65.5 Å². The number of halogens is 1. The number of hydrazone groups is 1. The zero-order chi connectivity index (χ0) is 17.2. The predicted molar refractivity (Wildman–Crippen MR) is 102 cm³/mol. The molecule has 0 bridgehead atoms. The molecule has 7 heteroatoms. The quantitative estimate of drug-likeness (QED) is 0.295. The van der Waals surface area contributed by atoms with Gasteiger partial charge in [-0.25, -0.2) is 14.0 Å². The number of aryl methyl sites for hydroxylation is 2. The molecule has 0 saturated heterocycles. The van der Waals surface area contributed by atoms with Gasteiger partial charge in [0.05, 0.1) is 19.5 Å². The van der Waals surface area contributed by atoms with Crippen LogP contribution in [0.1, 0.15) is 11.1 Å². The van der Waals surface area contributed by atoms with Crippen LogP contribution in [0, 0.1) is 6.92 Å². The van der Waals surface area contributed by atoms with Crippen LogP contribution in [0.25, 0.3) is 16.9 Å². The fourth-order valence-corrected chi connectivity index (χ4v) is 3.28. The van der Waals surface area contributed by atoms with Crippen LogP contribution in [0.4, 0.5) is 5.13 Å². The molecule has 4 aromatic rings. The number of imidazole rings is 1. The first-order valence-electron chi connectivity index (χ1n) is 7.97. The Hall–Kier alpha value is -2.51. The van der Waals surface area contributed by atoms with Crippen LogP contribution in [-0.2, 0) is 7.05 Å². The van der Waals surface area contributed by atoms with Gasteiger partial charge in [-0.15, -0.1) is 11.3 Å². The first-order chi connectivity index (χ1) is 12.2. The van der Waals surface area contributed by atoms with E-state index in [1.165, 1.54) is 33.8 Å². The Balaban J connectivity index is 0.00000196. The molecule has 0 unspecified atom stereocenters. The summed E-state index contributed by atoms with van der Waals surface area (Å²) in [7, 11) is 2.09. The first kappa shape index (κ1) is 18.3. The molecular weight excluding hydrogens is 410 g/mol. The minimum atomic E-state index is 0. The van der Waals surface area contributed by atoms with Crippen molar-refractivity contribution in [3.05, 3.63) is 71.5 Å². The average Bonchev–Trinajstić information content (AvgIpc) is 3.24. The highest BCUT2D eigenvalue weighted by atomic mass is 79.9. The molecule has 4 rings (SSSR count). The maximum Gasteiger partial charge on any atom is 0.286 e. The van der Waals surface area contributed by atoms with E-state index in [4.69, 9.17) is 0 Å². The Kier molecular flexibility index (Phi) is 5.49. The van der Waals surface area contributed by atoms with Crippen molar-refractivity contribution >= 4 is 28.3 Å². The van der Waals surface area contributed by atoms with Crippen LogP contribution in [0.2, 0.25) is 0 Å². The third-order valence-electron chi connectivity index (χ3n) is 4.08. The lowest BCUT2D eigenvalue weighted by atomic mass is 10.1. The van der Waals surface area contributed by atoms with Crippen molar-refractivity contribution < 1.29 is 21.4 Å². The highest BCUT2D eigenvalue weighted by Crippen LogP contribution is 2.20. The Morgan fingerprint density at radius 3 is 2.69 bits per heavy atom. The van der Waals surface area contributed by atoms with Crippen LogP contribution >= 0.6 is 11.3 Å². The number of hydrogen-bond acceptors (Lipinski definition) is 4. The number of rotatable bonds is 4. The molecule has 3 aromatic heterocycles. The van der Waals surface area contributed by atoms with E-state index in [1.807, 2.05) is 5.38 Å². The molecule has 0 atom stereocenters. The molecule has 0 aliphatic rings. The summed E-state index contributed by atoms with van der Waals surface area (Å²) in [5, 5.41) is 6.91. The number of benzene rings is 1. The van der Waals surface area contributed by atoms with Crippen molar-refractivity contribution in [2.45, 2.75) is 6.92 Å². The molecule has 0 amide bonds. The average molecular weight is 428 g/mol. The van der Waals surface area contributed by atoms with Crippen LogP contribution in [0.3, 0.4) is 0 Å². The lowest BCUT2D eigenvalue weighted by Gasteiger charge is -1.99. The smallest absolute Gasteiger partial charge is 0.286 e. The minimum absolute atomic E-state index is 0. The van der Waals surface area contributed by atoms with Gasteiger partial charge in [-0.3, -0.25) is 5.43 Å². The van der Waals surface area contributed by atoms with Crippen molar-refractivity contribution in [3.8, 4) is 11.3 Å².